The van der Waals surface area contributed by atoms with E-state index in [4.69, 9.17) is 15.0 Å². The van der Waals surface area contributed by atoms with Crippen LogP contribution in [0.2, 0.25) is 0 Å². The van der Waals surface area contributed by atoms with Gasteiger partial charge < -0.3 is 0 Å². The molecule has 0 aliphatic rings. The molecule has 0 aliphatic heterocycles. The highest BCUT2D eigenvalue weighted by atomic mass is 15.0. The van der Waals surface area contributed by atoms with E-state index in [0.29, 0.717) is 17.5 Å². The Labute approximate surface area is 245 Å². The second-order valence-electron chi connectivity index (χ2n) is 10.1. The van der Waals surface area contributed by atoms with E-state index in [1.54, 1.807) is 0 Å². The molecule has 1 aromatic heterocycles. The van der Waals surface area contributed by atoms with E-state index in [1.165, 1.54) is 11.1 Å². The fourth-order valence-electron chi connectivity index (χ4n) is 5.20. The molecular formula is C39H27N3. The Morgan fingerprint density at radius 1 is 0.238 bits per heavy atom. The Morgan fingerprint density at radius 3 is 1.07 bits per heavy atom. The van der Waals surface area contributed by atoms with Crippen molar-refractivity contribution in [3.63, 3.8) is 0 Å². The number of nitrogens with zero attached hydrogens (tertiary/aromatic N) is 3. The topological polar surface area (TPSA) is 38.7 Å². The molecule has 7 aromatic rings. The van der Waals surface area contributed by atoms with Crippen LogP contribution in [0.3, 0.4) is 0 Å². The molecule has 0 amide bonds. The molecule has 0 spiro atoms. The van der Waals surface area contributed by atoms with E-state index < -0.39 is 0 Å². The molecule has 0 aliphatic carbocycles. The zero-order chi connectivity index (χ0) is 28.1. The first-order valence-corrected chi connectivity index (χ1v) is 14.0. The van der Waals surface area contributed by atoms with Gasteiger partial charge >= 0.3 is 0 Å². The fourth-order valence-corrected chi connectivity index (χ4v) is 5.20. The maximum atomic E-state index is 4.96. The van der Waals surface area contributed by atoms with E-state index in [0.717, 1.165) is 38.9 Å². The summed E-state index contributed by atoms with van der Waals surface area (Å²) in [6.07, 6.45) is 0. The van der Waals surface area contributed by atoms with Crippen molar-refractivity contribution in [1.82, 2.24) is 15.0 Å². The van der Waals surface area contributed by atoms with Crippen LogP contribution in [-0.4, -0.2) is 15.0 Å². The minimum Gasteiger partial charge on any atom is -0.208 e. The van der Waals surface area contributed by atoms with Gasteiger partial charge in [0.15, 0.2) is 17.5 Å². The lowest BCUT2D eigenvalue weighted by Gasteiger charge is -2.14. The lowest BCUT2D eigenvalue weighted by Crippen LogP contribution is -2.00. The Morgan fingerprint density at radius 2 is 0.571 bits per heavy atom. The van der Waals surface area contributed by atoms with Crippen LogP contribution in [0.1, 0.15) is 0 Å². The van der Waals surface area contributed by atoms with Gasteiger partial charge in [0.2, 0.25) is 0 Å². The first kappa shape index (κ1) is 25.3. The Kier molecular flexibility index (Phi) is 6.89. The Bertz CT molecular complexity index is 1880. The number of benzene rings is 6. The largest absolute Gasteiger partial charge is 0.208 e. The van der Waals surface area contributed by atoms with Gasteiger partial charge in [-0.2, -0.15) is 0 Å². The van der Waals surface area contributed by atoms with Crippen LogP contribution in [0, 0.1) is 0 Å². The zero-order valence-corrected chi connectivity index (χ0v) is 22.9. The smallest absolute Gasteiger partial charge is 0.164 e. The second kappa shape index (κ2) is 11.4. The van der Waals surface area contributed by atoms with Crippen molar-refractivity contribution in [3.8, 4) is 67.5 Å². The van der Waals surface area contributed by atoms with Crippen LogP contribution < -0.4 is 0 Å². The molecule has 0 radical (unpaired) electrons. The highest BCUT2D eigenvalue weighted by Crippen LogP contribution is 2.36. The van der Waals surface area contributed by atoms with Crippen LogP contribution >= 0.6 is 0 Å². The highest BCUT2D eigenvalue weighted by molar-refractivity contribution is 5.87. The monoisotopic (exact) mass is 537 g/mol. The quantitative estimate of drug-likeness (QED) is 0.212. The zero-order valence-electron chi connectivity index (χ0n) is 22.9. The number of aromatic nitrogens is 3. The molecule has 6 aromatic carbocycles. The molecule has 3 heteroatoms. The third-order valence-electron chi connectivity index (χ3n) is 7.36. The van der Waals surface area contributed by atoms with Crippen molar-refractivity contribution in [2.45, 2.75) is 0 Å². The van der Waals surface area contributed by atoms with Gasteiger partial charge in [-0.1, -0.05) is 158 Å². The molecule has 0 saturated carbocycles. The molecule has 198 valence electrons. The van der Waals surface area contributed by atoms with Gasteiger partial charge in [0, 0.05) is 16.7 Å². The maximum Gasteiger partial charge on any atom is 0.164 e. The first-order valence-electron chi connectivity index (χ1n) is 14.0. The van der Waals surface area contributed by atoms with E-state index in [9.17, 15) is 0 Å². The Balaban J connectivity index is 1.37. The fraction of sp³-hybridized carbons (Fsp3) is 0. The van der Waals surface area contributed by atoms with Crippen LogP contribution in [0.15, 0.2) is 164 Å². The van der Waals surface area contributed by atoms with Crippen molar-refractivity contribution in [2.24, 2.45) is 0 Å². The van der Waals surface area contributed by atoms with Gasteiger partial charge in [0.1, 0.15) is 0 Å². The predicted octanol–water partition coefficient (Wildman–Crippen LogP) is 9.87. The van der Waals surface area contributed by atoms with Gasteiger partial charge in [0.25, 0.3) is 0 Å². The molecule has 0 N–H and O–H groups in total. The molecule has 0 saturated heterocycles. The summed E-state index contributed by atoms with van der Waals surface area (Å²) >= 11 is 0. The summed E-state index contributed by atoms with van der Waals surface area (Å²) in [6, 6.07) is 56.4. The van der Waals surface area contributed by atoms with Gasteiger partial charge in [-0.05, 0) is 39.4 Å². The molecule has 0 unspecified atom stereocenters. The summed E-state index contributed by atoms with van der Waals surface area (Å²) in [5, 5.41) is 0. The lowest BCUT2D eigenvalue weighted by atomic mass is 9.91. The molecule has 1 heterocycles. The normalized spacial score (nSPS) is 10.9. The van der Waals surface area contributed by atoms with E-state index in [-0.39, 0.29) is 0 Å². The summed E-state index contributed by atoms with van der Waals surface area (Å²) in [5.41, 5.74) is 9.84. The van der Waals surface area contributed by atoms with Gasteiger partial charge in [-0.3, -0.25) is 0 Å². The highest BCUT2D eigenvalue weighted by Gasteiger charge is 2.15. The third-order valence-corrected chi connectivity index (χ3v) is 7.36. The average molecular weight is 538 g/mol. The van der Waals surface area contributed by atoms with Crippen molar-refractivity contribution in [3.05, 3.63) is 164 Å². The predicted molar refractivity (Wildman–Crippen MR) is 172 cm³/mol. The molecule has 0 atom stereocenters. The van der Waals surface area contributed by atoms with E-state index >= 15 is 0 Å². The number of hydrogen-bond acceptors (Lipinski definition) is 3. The molecule has 42 heavy (non-hydrogen) atoms. The van der Waals surface area contributed by atoms with Gasteiger partial charge in [-0.15, -0.1) is 0 Å². The van der Waals surface area contributed by atoms with Crippen LogP contribution in [0.4, 0.5) is 0 Å². The van der Waals surface area contributed by atoms with Crippen molar-refractivity contribution < 1.29 is 0 Å². The van der Waals surface area contributed by atoms with E-state index in [2.05, 4.69) is 91.0 Å². The number of hydrogen-bond donors (Lipinski definition) is 0. The Hall–Kier alpha value is -5.67. The van der Waals surface area contributed by atoms with Crippen molar-refractivity contribution >= 4 is 0 Å². The third kappa shape index (κ3) is 5.24. The average Bonchev–Trinajstić information content (AvgIpc) is 3.09. The molecule has 0 fully saturated rings. The molecule has 0 bridgehead atoms. The summed E-state index contributed by atoms with van der Waals surface area (Å²) < 4.78 is 0. The summed E-state index contributed by atoms with van der Waals surface area (Å²) in [6.45, 7) is 0. The molecule has 3 nitrogen and oxygen atoms in total. The second-order valence-corrected chi connectivity index (χ2v) is 10.1. The first-order chi connectivity index (χ1) is 20.8. The van der Waals surface area contributed by atoms with Gasteiger partial charge in [-0.25, -0.2) is 15.0 Å². The maximum absolute atomic E-state index is 4.96. The van der Waals surface area contributed by atoms with Gasteiger partial charge in [0.05, 0.1) is 0 Å². The lowest BCUT2D eigenvalue weighted by molar-refractivity contribution is 1.07. The van der Waals surface area contributed by atoms with Crippen molar-refractivity contribution in [2.75, 3.05) is 0 Å². The molecule has 7 rings (SSSR count). The van der Waals surface area contributed by atoms with E-state index in [1.807, 2.05) is 72.8 Å². The number of rotatable bonds is 6. The summed E-state index contributed by atoms with van der Waals surface area (Å²) in [5.74, 6) is 1.95. The minimum atomic E-state index is 0.644. The molecular weight excluding hydrogens is 510 g/mol. The SMILES string of the molecule is c1ccc(-c2ccc(-c3ccc(-c4nc(-c5ccccc5)nc(-c5ccccc5)n4)cc3-c3ccccc3)cc2)cc1. The summed E-state index contributed by atoms with van der Waals surface area (Å²) in [7, 11) is 0. The van der Waals surface area contributed by atoms with Crippen LogP contribution in [-0.2, 0) is 0 Å². The summed E-state index contributed by atoms with van der Waals surface area (Å²) in [4.78, 5) is 14.8. The van der Waals surface area contributed by atoms with Crippen LogP contribution in [0.25, 0.3) is 67.5 Å². The van der Waals surface area contributed by atoms with Crippen molar-refractivity contribution in [1.29, 1.82) is 0 Å². The minimum absolute atomic E-state index is 0.644. The van der Waals surface area contributed by atoms with Crippen LogP contribution in [0.5, 0.6) is 0 Å². The standard InChI is InChI=1S/C39H27N3/c1-5-13-28(14-6-1)29-21-23-31(24-22-29)35-26-25-34(27-36(35)30-15-7-2-8-16-30)39-41-37(32-17-9-3-10-18-32)40-38(42-39)33-19-11-4-12-20-33/h1-27H.